The van der Waals surface area contributed by atoms with E-state index in [0.29, 0.717) is 31.3 Å². The number of likely N-dealkylation sites (tertiary alicyclic amines) is 1. The highest BCUT2D eigenvalue weighted by molar-refractivity contribution is 6.33. The summed E-state index contributed by atoms with van der Waals surface area (Å²) in [7, 11) is 1.73. The van der Waals surface area contributed by atoms with E-state index < -0.39 is 17.2 Å². The number of rotatable bonds is 5. The fourth-order valence-electron chi connectivity index (χ4n) is 2.85. The summed E-state index contributed by atoms with van der Waals surface area (Å²) in [6.45, 7) is 1.72. The number of aromatic nitrogens is 2. The lowest BCUT2D eigenvalue weighted by Gasteiger charge is -2.24. The van der Waals surface area contributed by atoms with Crippen molar-refractivity contribution in [2.75, 3.05) is 31.6 Å². The van der Waals surface area contributed by atoms with E-state index in [0.717, 1.165) is 29.8 Å². The molecule has 1 fully saturated rings. The first-order valence-electron chi connectivity index (χ1n) is 8.10. The number of hydrogen-bond donors (Lipinski definition) is 0. The van der Waals surface area contributed by atoms with Gasteiger partial charge in [-0.1, -0.05) is 11.6 Å². The van der Waals surface area contributed by atoms with Crippen molar-refractivity contribution in [3.8, 4) is 5.69 Å². The quantitative estimate of drug-likeness (QED) is 0.795. The van der Waals surface area contributed by atoms with E-state index in [4.69, 9.17) is 11.6 Å². The van der Waals surface area contributed by atoms with Crippen LogP contribution in [0.2, 0.25) is 5.02 Å². The van der Waals surface area contributed by atoms with E-state index in [2.05, 4.69) is 5.10 Å². The van der Waals surface area contributed by atoms with Crippen molar-refractivity contribution in [3.63, 3.8) is 0 Å². The lowest BCUT2D eigenvalue weighted by molar-refractivity contribution is -0.127. The second-order valence-corrected chi connectivity index (χ2v) is 6.44. The molecule has 0 atom stereocenters. The molecule has 0 N–H and O–H groups in total. The number of nitrogens with zero attached hydrogens (tertiary/aromatic N) is 4. The number of hydrogen-bond acceptors (Lipinski definition) is 4. The van der Waals surface area contributed by atoms with Crippen LogP contribution < -0.4 is 10.5 Å². The van der Waals surface area contributed by atoms with Gasteiger partial charge in [-0.15, -0.1) is 0 Å². The Kier molecular flexibility index (Phi) is 5.22. The Bertz CT molecular complexity index is 903. The molecule has 138 valence electrons. The second kappa shape index (κ2) is 7.41. The summed E-state index contributed by atoms with van der Waals surface area (Å²) < 4.78 is 27.7. The SMILES string of the molecule is CN(CCN1CCCC1=O)c1cnn(-c2ccc(F)cc2F)c(=O)c1Cl. The van der Waals surface area contributed by atoms with Crippen LogP contribution in [0.15, 0.2) is 29.2 Å². The molecule has 0 spiro atoms. The van der Waals surface area contributed by atoms with Gasteiger partial charge in [0, 0.05) is 39.2 Å². The predicted molar refractivity (Wildman–Crippen MR) is 93.8 cm³/mol. The lowest BCUT2D eigenvalue weighted by atomic mass is 10.3. The Hall–Kier alpha value is -2.48. The maximum Gasteiger partial charge on any atom is 0.292 e. The lowest BCUT2D eigenvalue weighted by Crippen LogP contribution is -2.35. The Morgan fingerprint density at radius 2 is 2.08 bits per heavy atom. The largest absolute Gasteiger partial charge is 0.370 e. The third-order valence-electron chi connectivity index (χ3n) is 4.33. The van der Waals surface area contributed by atoms with Gasteiger partial charge >= 0.3 is 0 Å². The van der Waals surface area contributed by atoms with Crippen LogP contribution in [0, 0.1) is 11.6 Å². The molecule has 3 rings (SSSR count). The maximum atomic E-state index is 13.9. The van der Waals surface area contributed by atoms with E-state index in [-0.39, 0.29) is 16.6 Å². The van der Waals surface area contributed by atoms with Gasteiger partial charge in [0.1, 0.15) is 16.5 Å². The predicted octanol–water partition coefficient (Wildman–Crippen LogP) is 2.22. The summed E-state index contributed by atoms with van der Waals surface area (Å²) >= 11 is 6.16. The molecule has 9 heteroatoms. The van der Waals surface area contributed by atoms with Gasteiger partial charge in [-0.2, -0.15) is 9.78 Å². The molecular formula is C17H17ClF2N4O2. The fourth-order valence-corrected chi connectivity index (χ4v) is 3.12. The average Bonchev–Trinajstić information content (AvgIpc) is 3.01. The standard InChI is InChI=1S/C17H17ClF2N4O2/c1-22(7-8-23-6-2-3-15(23)25)14-10-21-24(17(26)16(14)18)13-5-4-11(19)9-12(13)20/h4-5,9-10H,2-3,6-8H2,1H3. The van der Waals surface area contributed by atoms with Crippen LogP contribution in [0.25, 0.3) is 5.69 Å². The first-order valence-corrected chi connectivity index (χ1v) is 8.48. The van der Waals surface area contributed by atoms with Crippen molar-refractivity contribution < 1.29 is 13.6 Å². The number of anilines is 1. The van der Waals surface area contributed by atoms with E-state index in [1.807, 2.05) is 0 Å². The minimum absolute atomic E-state index is 0.116. The number of halogens is 3. The van der Waals surface area contributed by atoms with Gasteiger partial charge in [0.2, 0.25) is 5.91 Å². The molecule has 2 aromatic rings. The van der Waals surface area contributed by atoms with E-state index >= 15 is 0 Å². The van der Waals surface area contributed by atoms with Crippen LogP contribution in [0.1, 0.15) is 12.8 Å². The van der Waals surface area contributed by atoms with Gasteiger partial charge in [-0.3, -0.25) is 9.59 Å². The van der Waals surface area contributed by atoms with E-state index in [1.165, 1.54) is 6.20 Å². The van der Waals surface area contributed by atoms with Crippen molar-refractivity contribution in [1.29, 1.82) is 0 Å². The summed E-state index contributed by atoms with van der Waals surface area (Å²) in [6.07, 6.45) is 2.76. The molecule has 1 aliphatic rings. The van der Waals surface area contributed by atoms with Crippen LogP contribution in [0.5, 0.6) is 0 Å². The molecule has 6 nitrogen and oxygen atoms in total. The molecule has 1 saturated heterocycles. The summed E-state index contributed by atoms with van der Waals surface area (Å²) in [5.41, 5.74) is -0.518. The van der Waals surface area contributed by atoms with Crippen molar-refractivity contribution >= 4 is 23.2 Å². The van der Waals surface area contributed by atoms with Gasteiger partial charge in [0.15, 0.2) is 5.82 Å². The number of carbonyl (C=O) groups excluding carboxylic acids is 1. The van der Waals surface area contributed by atoms with Crippen LogP contribution in [0.3, 0.4) is 0 Å². The zero-order valence-electron chi connectivity index (χ0n) is 14.1. The van der Waals surface area contributed by atoms with Crippen molar-refractivity contribution in [2.45, 2.75) is 12.8 Å². The van der Waals surface area contributed by atoms with Gasteiger partial charge in [-0.05, 0) is 18.6 Å². The second-order valence-electron chi connectivity index (χ2n) is 6.06. The molecule has 1 aliphatic heterocycles. The molecular weight excluding hydrogens is 366 g/mol. The van der Waals surface area contributed by atoms with Crippen LogP contribution >= 0.6 is 11.6 Å². The highest BCUT2D eigenvalue weighted by atomic mass is 35.5. The Labute approximate surface area is 153 Å². The zero-order chi connectivity index (χ0) is 18.8. The highest BCUT2D eigenvalue weighted by Crippen LogP contribution is 2.21. The van der Waals surface area contributed by atoms with Crippen molar-refractivity contribution in [1.82, 2.24) is 14.7 Å². The van der Waals surface area contributed by atoms with Gasteiger partial charge < -0.3 is 9.80 Å². The molecule has 0 aliphatic carbocycles. The average molecular weight is 383 g/mol. The smallest absolute Gasteiger partial charge is 0.292 e. The molecule has 0 radical (unpaired) electrons. The number of likely N-dealkylation sites (N-methyl/N-ethyl adjacent to an activating group) is 1. The van der Waals surface area contributed by atoms with Crippen LogP contribution in [0.4, 0.5) is 14.5 Å². The highest BCUT2D eigenvalue weighted by Gasteiger charge is 2.21. The Morgan fingerprint density at radius 3 is 2.73 bits per heavy atom. The Morgan fingerprint density at radius 1 is 1.31 bits per heavy atom. The van der Waals surface area contributed by atoms with Gasteiger partial charge in [-0.25, -0.2) is 8.78 Å². The van der Waals surface area contributed by atoms with Gasteiger partial charge in [0.25, 0.3) is 5.56 Å². The van der Waals surface area contributed by atoms with Crippen LogP contribution in [-0.2, 0) is 4.79 Å². The van der Waals surface area contributed by atoms with E-state index in [9.17, 15) is 18.4 Å². The molecule has 26 heavy (non-hydrogen) atoms. The topological polar surface area (TPSA) is 58.4 Å². The molecule has 1 amide bonds. The molecule has 1 aromatic heterocycles. The molecule has 0 bridgehead atoms. The summed E-state index contributed by atoms with van der Waals surface area (Å²) in [6, 6.07) is 2.83. The summed E-state index contributed by atoms with van der Waals surface area (Å²) in [5.74, 6) is -1.55. The molecule has 1 aromatic carbocycles. The molecule has 0 unspecified atom stereocenters. The molecule has 2 heterocycles. The third-order valence-corrected chi connectivity index (χ3v) is 4.68. The van der Waals surface area contributed by atoms with Gasteiger partial charge in [0.05, 0.1) is 11.9 Å². The first-order chi connectivity index (χ1) is 12.4. The normalized spacial score (nSPS) is 14.2. The minimum atomic E-state index is -0.913. The van der Waals surface area contributed by atoms with Crippen LogP contribution in [-0.4, -0.2) is 47.3 Å². The Balaban J connectivity index is 1.82. The number of benzene rings is 1. The number of carbonyl (C=O) groups is 1. The van der Waals surface area contributed by atoms with Crippen molar-refractivity contribution in [3.05, 3.63) is 51.4 Å². The fraction of sp³-hybridized carbons (Fsp3) is 0.353. The minimum Gasteiger partial charge on any atom is -0.370 e. The first kappa shape index (κ1) is 18.3. The summed E-state index contributed by atoms with van der Waals surface area (Å²) in [5, 5.41) is 3.82. The number of amides is 1. The maximum absolute atomic E-state index is 13.9. The van der Waals surface area contributed by atoms with Crippen molar-refractivity contribution in [2.24, 2.45) is 0 Å². The summed E-state index contributed by atoms with van der Waals surface area (Å²) in [4.78, 5) is 27.6. The van der Waals surface area contributed by atoms with E-state index in [1.54, 1.807) is 16.8 Å². The molecule has 0 saturated carbocycles. The zero-order valence-corrected chi connectivity index (χ0v) is 14.8. The monoisotopic (exact) mass is 382 g/mol. The third kappa shape index (κ3) is 3.55.